The molecule has 21 heavy (non-hydrogen) atoms. The monoisotopic (exact) mass is 291 g/mol. The van der Waals surface area contributed by atoms with Crippen LogP contribution in [0.25, 0.3) is 0 Å². The van der Waals surface area contributed by atoms with Gasteiger partial charge in [-0.1, -0.05) is 41.2 Å². The van der Waals surface area contributed by atoms with Crippen LogP contribution in [0.4, 0.5) is 0 Å². The predicted molar refractivity (Wildman–Crippen MR) is 89.5 cm³/mol. The summed E-state index contributed by atoms with van der Waals surface area (Å²) in [5.41, 5.74) is 2.19. The van der Waals surface area contributed by atoms with Crippen molar-refractivity contribution in [3.8, 4) is 11.5 Å². The van der Waals surface area contributed by atoms with E-state index in [-0.39, 0.29) is 5.41 Å². The highest BCUT2D eigenvalue weighted by molar-refractivity contribution is 5.44. The van der Waals surface area contributed by atoms with Crippen molar-refractivity contribution in [1.29, 1.82) is 0 Å². The minimum Gasteiger partial charge on any atom is -0.497 e. The van der Waals surface area contributed by atoms with E-state index in [9.17, 15) is 0 Å². The summed E-state index contributed by atoms with van der Waals surface area (Å²) in [4.78, 5) is 0. The second-order valence-corrected chi connectivity index (χ2v) is 6.69. The summed E-state index contributed by atoms with van der Waals surface area (Å²) in [7, 11) is 1.68. The van der Waals surface area contributed by atoms with Gasteiger partial charge in [0.05, 0.1) is 7.11 Å². The first-order valence-corrected chi connectivity index (χ1v) is 7.45. The first-order valence-electron chi connectivity index (χ1n) is 7.45. The molecule has 0 aliphatic carbocycles. The summed E-state index contributed by atoms with van der Waals surface area (Å²) >= 11 is 0. The molecule has 0 fully saturated rings. The number of hydrogen-bond donors (Lipinski definition) is 1. The summed E-state index contributed by atoms with van der Waals surface area (Å²) in [6.07, 6.45) is 0. The highest BCUT2D eigenvalue weighted by Gasteiger charge is 2.20. The molecule has 3 heteroatoms. The largest absolute Gasteiger partial charge is 0.497 e. The van der Waals surface area contributed by atoms with Gasteiger partial charge in [-0.05, 0) is 29.2 Å². The highest BCUT2D eigenvalue weighted by Crippen LogP contribution is 2.34. The van der Waals surface area contributed by atoms with Crippen LogP contribution in [0.5, 0.6) is 11.5 Å². The lowest BCUT2D eigenvalue weighted by molar-refractivity contribution is 0.334. The van der Waals surface area contributed by atoms with Crippen LogP contribution in [0.2, 0.25) is 0 Å². The Bertz CT molecular complexity index is 473. The minimum atomic E-state index is 0.00138. The molecule has 1 aromatic rings. The Morgan fingerprint density at radius 2 is 1.95 bits per heavy atom. The third-order valence-corrected chi connectivity index (χ3v) is 3.19. The molecule has 0 heterocycles. The molecule has 0 amide bonds. The Morgan fingerprint density at radius 1 is 1.29 bits per heavy atom. The van der Waals surface area contributed by atoms with Crippen molar-refractivity contribution in [1.82, 2.24) is 5.32 Å². The number of ether oxygens (including phenoxy) is 2. The summed E-state index contributed by atoms with van der Waals surface area (Å²) in [5, 5.41) is 3.35. The van der Waals surface area contributed by atoms with Crippen LogP contribution in [0.15, 0.2) is 30.4 Å². The van der Waals surface area contributed by atoms with Crippen LogP contribution >= 0.6 is 0 Å². The second-order valence-electron chi connectivity index (χ2n) is 6.69. The Labute approximate surface area is 129 Å². The van der Waals surface area contributed by atoms with E-state index < -0.39 is 0 Å². The van der Waals surface area contributed by atoms with Crippen LogP contribution in [-0.4, -0.2) is 26.3 Å². The van der Waals surface area contributed by atoms with Gasteiger partial charge in [0.25, 0.3) is 0 Å². The molecule has 1 N–H and O–H groups in total. The van der Waals surface area contributed by atoms with Gasteiger partial charge in [-0.15, -0.1) is 0 Å². The molecule has 0 unspecified atom stereocenters. The van der Waals surface area contributed by atoms with Crippen molar-refractivity contribution in [2.75, 3.05) is 20.3 Å². The Morgan fingerprint density at radius 3 is 2.48 bits per heavy atom. The number of methoxy groups -OCH3 is 1. The molecule has 0 aliphatic heterocycles. The van der Waals surface area contributed by atoms with E-state index in [4.69, 9.17) is 9.47 Å². The van der Waals surface area contributed by atoms with Crippen LogP contribution in [0.1, 0.15) is 40.2 Å². The maximum absolute atomic E-state index is 5.96. The van der Waals surface area contributed by atoms with Gasteiger partial charge in [-0.3, -0.25) is 0 Å². The van der Waals surface area contributed by atoms with E-state index in [1.54, 1.807) is 7.11 Å². The molecule has 0 aromatic heterocycles. The van der Waals surface area contributed by atoms with E-state index in [0.29, 0.717) is 12.6 Å². The van der Waals surface area contributed by atoms with Gasteiger partial charge in [-0.2, -0.15) is 0 Å². The van der Waals surface area contributed by atoms with Crippen molar-refractivity contribution in [3.63, 3.8) is 0 Å². The van der Waals surface area contributed by atoms with Crippen molar-refractivity contribution < 1.29 is 9.47 Å². The lowest BCUT2D eigenvalue weighted by Gasteiger charge is -2.24. The van der Waals surface area contributed by atoms with E-state index in [1.165, 1.54) is 0 Å². The quantitative estimate of drug-likeness (QED) is 0.772. The summed E-state index contributed by atoms with van der Waals surface area (Å²) in [6.45, 7) is 16.1. The smallest absolute Gasteiger partial charge is 0.123 e. The molecule has 3 nitrogen and oxygen atoms in total. The maximum atomic E-state index is 5.96. The van der Waals surface area contributed by atoms with Crippen molar-refractivity contribution >= 4 is 0 Å². The van der Waals surface area contributed by atoms with Crippen LogP contribution in [0.3, 0.4) is 0 Å². The average molecular weight is 291 g/mol. The average Bonchev–Trinajstić information content (AvgIpc) is 2.41. The first kappa shape index (κ1) is 17.6. The van der Waals surface area contributed by atoms with E-state index in [1.807, 2.05) is 18.2 Å². The number of rotatable bonds is 7. The van der Waals surface area contributed by atoms with Gasteiger partial charge in [0.2, 0.25) is 0 Å². The standard InChI is InChI=1S/C18H29NO2/c1-13(2)19-11-14(3)12-21-17-9-8-15(20-7)10-16(17)18(4,5)6/h8-10,13,19H,3,11-12H2,1-2,4-7H3. The van der Waals surface area contributed by atoms with Crippen LogP contribution in [0, 0.1) is 0 Å². The molecule has 0 atom stereocenters. The zero-order valence-corrected chi connectivity index (χ0v) is 14.2. The predicted octanol–water partition coefficient (Wildman–Crippen LogP) is 3.93. The van der Waals surface area contributed by atoms with Gasteiger partial charge in [0, 0.05) is 18.2 Å². The highest BCUT2D eigenvalue weighted by atomic mass is 16.5. The number of hydrogen-bond acceptors (Lipinski definition) is 3. The Kier molecular flexibility index (Phi) is 6.28. The summed E-state index contributed by atoms with van der Waals surface area (Å²) < 4.78 is 11.3. The van der Waals surface area contributed by atoms with E-state index in [2.05, 4.69) is 46.5 Å². The fourth-order valence-electron chi connectivity index (χ4n) is 1.93. The SMILES string of the molecule is C=C(CNC(C)C)COc1ccc(OC)cc1C(C)(C)C. The fourth-order valence-corrected chi connectivity index (χ4v) is 1.93. The van der Waals surface area contributed by atoms with Gasteiger partial charge >= 0.3 is 0 Å². The molecule has 0 saturated heterocycles. The van der Waals surface area contributed by atoms with Gasteiger partial charge in [0.1, 0.15) is 18.1 Å². The number of nitrogens with one attached hydrogen (secondary N) is 1. The maximum Gasteiger partial charge on any atom is 0.123 e. The molecule has 0 aliphatic rings. The first-order chi connectivity index (χ1) is 9.74. The lowest BCUT2D eigenvalue weighted by Crippen LogP contribution is -2.26. The molecular weight excluding hydrogens is 262 g/mol. The minimum absolute atomic E-state index is 0.00138. The molecular formula is C18H29NO2. The molecule has 1 aromatic carbocycles. The van der Waals surface area contributed by atoms with Crippen LogP contribution in [-0.2, 0) is 5.41 Å². The lowest BCUT2D eigenvalue weighted by atomic mass is 9.86. The summed E-state index contributed by atoms with van der Waals surface area (Å²) in [5.74, 6) is 1.75. The van der Waals surface area contributed by atoms with Gasteiger partial charge in [0.15, 0.2) is 0 Å². The topological polar surface area (TPSA) is 30.5 Å². The van der Waals surface area contributed by atoms with Crippen LogP contribution < -0.4 is 14.8 Å². The molecule has 0 bridgehead atoms. The Balaban J connectivity index is 2.77. The molecule has 0 spiro atoms. The molecule has 1 rings (SSSR count). The zero-order valence-electron chi connectivity index (χ0n) is 14.2. The normalized spacial score (nSPS) is 11.6. The summed E-state index contributed by atoms with van der Waals surface area (Å²) in [6, 6.07) is 6.40. The van der Waals surface area contributed by atoms with Crippen molar-refractivity contribution in [3.05, 3.63) is 35.9 Å². The van der Waals surface area contributed by atoms with Crippen molar-refractivity contribution in [2.24, 2.45) is 0 Å². The third-order valence-electron chi connectivity index (χ3n) is 3.19. The molecule has 118 valence electrons. The van der Waals surface area contributed by atoms with Gasteiger partial charge in [-0.25, -0.2) is 0 Å². The Hall–Kier alpha value is -1.48. The second kappa shape index (κ2) is 7.51. The third kappa shape index (κ3) is 5.80. The van der Waals surface area contributed by atoms with E-state index >= 15 is 0 Å². The molecule has 0 saturated carbocycles. The zero-order chi connectivity index (χ0) is 16.0. The van der Waals surface area contributed by atoms with Crippen molar-refractivity contribution in [2.45, 2.75) is 46.1 Å². The fraction of sp³-hybridized carbons (Fsp3) is 0.556. The van der Waals surface area contributed by atoms with Gasteiger partial charge < -0.3 is 14.8 Å². The van der Waals surface area contributed by atoms with E-state index in [0.717, 1.165) is 29.2 Å². The molecule has 0 radical (unpaired) electrons. The number of benzene rings is 1.